The van der Waals surface area contributed by atoms with Crippen molar-refractivity contribution in [1.29, 1.82) is 0 Å². The van der Waals surface area contributed by atoms with Crippen molar-refractivity contribution in [3.8, 4) is 0 Å². The van der Waals surface area contributed by atoms with Crippen molar-refractivity contribution >= 4 is 0 Å². The SMILES string of the molecule is CC1CNC2C=CC=CN12. The minimum atomic E-state index is 0.458. The van der Waals surface area contributed by atoms with Crippen LogP contribution in [0.5, 0.6) is 0 Å². The highest BCUT2D eigenvalue weighted by Gasteiger charge is 2.25. The minimum absolute atomic E-state index is 0.458. The van der Waals surface area contributed by atoms with Gasteiger partial charge in [-0.2, -0.15) is 0 Å². The van der Waals surface area contributed by atoms with E-state index in [4.69, 9.17) is 0 Å². The van der Waals surface area contributed by atoms with Crippen molar-refractivity contribution in [2.45, 2.75) is 19.1 Å². The van der Waals surface area contributed by atoms with Crippen LogP contribution in [-0.4, -0.2) is 23.7 Å². The number of allylic oxidation sites excluding steroid dienone is 2. The van der Waals surface area contributed by atoms with Crippen LogP contribution in [0.3, 0.4) is 0 Å². The molecule has 1 fully saturated rings. The van der Waals surface area contributed by atoms with Crippen molar-refractivity contribution in [3.05, 3.63) is 24.4 Å². The third-order valence-corrected chi connectivity index (χ3v) is 2.12. The van der Waals surface area contributed by atoms with Crippen LogP contribution in [0.4, 0.5) is 0 Å². The third kappa shape index (κ3) is 0.762. The second-order valence-electron chi connectivity index (χ2n) is 2.88. The molecule has 2 heterocycles. The van der Waals surface area contributed by atoms with Crippen LogP contribution in [0.15, 0.2) is 24.4 Å². The van der Waals surface area contributed by atoms with E-state index in [1.165, 1.54) is 0 Å². The van der Waals surface area contributed by atoms with E-state index in [0.29, 0.717) is 12.2 Å². The Kier molecular flexibility index (Phi) is 1.27. The van der Waals surface area contributed by atoms with E-state index in [1.807, 2.05) is 0 Å². The van der Waals surface area contributed by atoms with Crippen molar-refractivity contribution in [2.24, 2.45) is 0 Å². The number of rotatable bonds is 0. The average molecular weight is 136 g/mol. The third-order valence-electron chi connectivity index (χ3n) is 2.12. The Morgan fingerprint density at radius 3 is 3.20 bits per heavy atom. The Morgan fingerprint density at radius 1 is 1.50 bits per heavy atom. The molecule has 2 aliphatic rings. The van der Waals surface area contributed by atoms with Gasteiger partial charge in [-0.1, -0.05) is 6.08 Å². The molecule has 1 saturated heterocycles. The molecule has 1 N–H and O–H groups in total. The summed E-state index contributed by atoms with van der Waals surface area (Å²) >= 11 is 0. The molecule has 0 saturated carbocycles. The standard InChI is InChI=1S/C8H12N2/c1-7-6-9-8-4-2-3-5-10(7)8/h2-5,7-9H,6H2,1H3. The maximum Gasteiger partial charge on any atom is 0.0988 e. The monoisotopic (exact) mass is 136 g/mol. The maximum atomic E-state index is 3.40. The van der Waals surface area contributed by atoms with E-state index < -0.39 is 0 Å². The summed E-state index contributed by atoms with van der Waals surface area (Å²) in [4.78, 5) is 2.33. The number of fused-ring (bicyclic) bond motifs is 1. The molecule has 2 aliphatic heterocycles. The van der Waals surface area contributed by atoms with Gasteiger partial charge in [-0.05, 0) is 19.1 Å². The fourth-order valence-electron chi connectivity index (χ4n) is 1.50. The first-order chi connectivity index (χ1) is 4.88. The molecule has 0 amide bonds. The lowest BCUT2D eigenvalue weighted by atomic mass is 10.3. The summed E-state index contributed by atoms with van der Waals surface area (Å²) in [6.45, 7) is 3.33. The number of hydrogen-bond acceptors (Lipinski definition) is 2. The normalized spacial score (nSPS) is 36.7. The fourth-order valence-corrected chi connectivity index (χ4v) is 1.50. The Balaban J connectivity index is 2.19. The number of nitrogens with zero attached hydrogens (tertiary/aromatic N) is 1. The molecule has 10 heavy (non-hydrogen) atoms. The van der Waals surface area contributed by atoms with E-state index in [1.54, 1.807) is 0 Å². The van der Waals surface area contributed by atoms with Gasteiger partial charge in [-0.15, -0.1) is 0 Å². The topological polar surface area (TPSA) is 15.3 Å². The van der Waals surface area contributed by atoms with E-state index in [9.17, 15) is 0 Å². The van der Waals surface area contributed by atoms with Crippen LogP contribution in [0, 0.1) is 0 Å². The van der Waals surface area contributed by atoms with Gasteiger partial charge in [0.1, 0.15) is 0 Å². The van der Waals surface area contributed by atoms with Gasteiger partial charge in [0, 0.05) is 18.8 Å². The molecule has 2 rings (SSSR count). The van der Waals surface area contributed by atoms with Crippen LogP contribution in [0.25, 0.3) is 0 Å². The van der Waals surface area contributed by atoms with Gasteiger partial charge < -0.3 is 4.90 Å². The van der Waals surface area contributed by atoms with Gasteiger partial charge in [0.25, 0.3) is 0 Å². The molecule has 0 spiro atoms. The second kappa shape index (κ2) is 2.13. The van der Waals surface area contributed by atoms with Gasteiger partial charge in [0.2, 0.25) is 0 Å². The van der Waals surface area contributed by atoms with Crippen LogP contribution in [0.1, 0.15) is 6.92 Å². The molecule has 0 aromatic carbocycles. The molecular weight excluding hydrogens is 124 g/mol. The molecule has 54 valence electrons. The highest BCUT2D eigenvalue weighted by atomic mass is 15.3. The number of nitrogens with one attached hydrogen (secondary N) is 1. The van der Waals surface area contributed by atoms with E-state index in [2.05, 4.69) is 41.6 Å². The summed E-state index contributed by atoms with van der Waals surface area (Å²) in [5.74, 6) is 0. The summed E-state index contributed by atoms with van der Waals surface area (Å²) < 4.78 is 0. The molecule has 0 radical (unpaired) electrons. The predicted molar refractivity (Wildman–Crippen MR) is 41.4 cm³/mol. The van der Waals surface area contributed by atoms with Crippen molar-refractivity contribution in [1.82, 2.24) is 10.2 Å². The van der Waals surface area contributed by atoms with Crippen LogP contribution in [-0.2, 0) is 0 Å². The van der Waals surface area contributed by atoms with Crippen LogP contribution >= 0.6 is 0 Å². The Morgan fingerprint density at radius 2 is 2.40 bits per heavy atom. The maximum absolute atomic E-state index is 3.40. The van der Waals surface area contributed by atoms with Gasteiger partial charge in [0.05, 0.1) is 6.17 Å². The summed E-state index contributed by atoms with van der Waals surface area (Å²) in [6, 6.07) is 0.645. The predicted octanol–water partition coefficient (Wildman–Crippen LogP) is 0.690. The molecule has 0 aromatic rings. The molecular formula is C8H12N2. The largest absolute Gasteiger partial charge is 0.355 e. The first-order valence-electron chi connectivity index (χ1n) is 3.74. The lowest BCUT2D eigenvalue weighted by Gasteiger charge is -2.25. The summed E-state index contributed by atoms with van der Waals surface area (Å²) in [7, 11) is 0. The van der Waals surface area contributed by atoms with Gasteiger partial charge >= 0.3 is 0 Å². The van der Waals surface area contributed by atoms with Crippen LogP contribution in [0.2, 0.25) is 0 Å². The van der Waals surface area contributed by atoms with E-state index >= 15 is 0 Å². The van der Waals surface area contributed by atoms with Crippen molar-refractivity contribution in [3.63, 3.8) is 0 Å². The van der Waals surface area contributed by atoms with Crippen molar-refractivity contribution < 1.29 is 0 Å². The zero-order valence-electron chi connectivity index (χ0n) is 6.12. The highest BCUT2D eigenvalue weighted by Crippen LogP contribution is 2.15. The Labute approximate surface area is 61.2 Å². The zero-order valence-corrected chi connectivity index (χ0v) is 6.12. The quantitative estimate of drug-likeness (QED) is 0.527. The highest BCUT2D eigenvalue weighted by molar-refractivity contribution is 5.15. The van der Waals surface area contributed by atoms with E-state index in [0.717, 1.165) is 6.54 Å². The molecule has 0 bridgehead atoms. The smallest absolute Gasteiger partial charge is 0.0988 e. The minimum Gasteiger partial charge on any atom is -0.355 e. The molecule has 0 aliphatic carbocycles. The van der Waals surface area contributed by atoms with Gasteiger partial charge in [-0.25, -0.2) is 0 Å². The average Bonchev–Trinajstić information content (AvgIpc) is 2.34. The fraction of sp³-hybridized carbons (Fsp3) is 0.500. The van der Waals surface area contributed by atoms with Crippen molar-refractivity contribution in [2.75, 3.05) is 6.54 Å². The molecule has 2 heteroatoms. The molecule has 2 unspecified atom stereocenters. The summed E-state index contributed by atoms with van der Waals surface area (Å²) in [5, 5.41) is 3.40. The second-order valence-corrected chi connectivity index (χ2v) is 2.88. The number of hydrogen-bond donors (Lipinski definition) is 1. The Bertz CT molecular complexity index is 184. The summed E-state index contributed by atoms with van der Waals surface area (Å²) in [6.07, 6.45) is 8.96. The van der Waals surface area contributed by atoms with Crippen LogP contribution < -0.4 is 5.32 Å². The van der Waals surface area contributed by atoms with Gasteiger partial charge in [-0.3, -0.25) is 5.32 Å². The first kappa shape index (κ1) is 5.98. The van der Waals surface area contributed by atoms with E-state index in [-0.39, 0.29) is 0 Å². The Hall–Kier alpha value is -0.760. The summed E-state index contributed by atoms with van der Waals surface area (Å²) in [5.41, 5.74) is 0. The van der Waals surface area contributed by atoms with Gasteiger partial charge in [0.15, 0.2) is 0 Å². The molecule has 2 atom stereocenters. The lowest BCUT2D eigenvalue weighted by Crippen LogP contribution is -2.33. The molecule has 2 nitrogen and oxygen atoms in total. The molecule has 0 aromatic heterocycles. The first-order valence-corrected chi connectivity index (χ1v) is 3.74. The lowest BCUT2D eigenvalue weighted by molar-refractivity contribution is 0.320. The zero-order chi connectivity index (χ0) is 6.97.